The monoisotopic (exact) mass is 793 g/mol. The summed E-state index contributed by atoms with van der Waals surface area (Å²) in [5, 5.41) is 0. The fourth-order valence-corrected chi connectivity index (χ4v) is 7.56. The van der Waals surface area contributed by atoms with Crippen LogP contribution in [0.15, 0.2) is 0 Å². The molecule has 0 spiro atoms. The summed E-state index contributed by atoms with van der Waals surface area (Å²) in [6, 6.07) is 0. The zero-order valence-electron chi connectivity index (χ0n) is 37.9. The van der Waals surface area contributed by atoms with E-state index in [-0.39, 0.29) is 31.1 Å². The van der Waals surface area contributed by atoms with Gasteiger partial charge in [0.25, 0.3) is 0 Å². The summed E-state index contributed by atoms with van der Waals surface area (Å²) in [6.45, 7) is 6.60. The molecule has 332 valence electrons. The summed E-state index contributed by atoms with van der Waals surface area (Å²) in [5.41, 5.74) is 0. The van der Waals surface area contributed by atoms with Crippen LogP contribution in [-0.4, -0.2) is 37.2 Å². The molecular weight excluding hydrogens is 697 g/mol. The maximum Gasteiger partial charge on any atom is 0.306 e. The maximum absolute atomic E-state index is 12.7. The van der Waals surface area contributed by atoms with Gasteiger partial charge in [-0.1, -0.05) is 245 Å². The molecule has 0 aliphatic heterocycles. The molecule has 0 aliphatic carbocycles. The van der Waals surface area contributed by atoms with Crippen molar-refractivity contribution in [3.63, 3.8) is 0 Å². The number of esters is 3. The largest absolute Gasteiger partial charge is 0.462 e. The van der Waals surface area contributed by atoms with Crippen LogP contribution in [0.25, 0.3) is 0 Å². The minimum atomic E-state index is -0.757. The summed E-state index contributed by atoms with van der Waals surface area (Å²) >= 11 is 0. The minimum Gasteiger partial charge on any atom is -0.462 e. The average Bonchev–Trinajstić information content (AvgIpc) is 3.19. The summed E-state index contributed by atoms with van der Waals surface area (Å²) in [7, 11) is 0. The molecule has 0 aromatic carbocycles. The SMILES string of the molecule is CCCCCCCCCCCCCCCCCCCCCCCCC(=O)OCC(COC(=O)CCCCCCCC)OC(=O)CCCCCCCCCCCC. The van der Waals surface area contributed by atoms with E-state index in [0.717, 1.165) is 57.8 Å². The second-order valence-corrected chi connectivity index (χ2v) is 17.1. The molecule has 56 heavy (non-hydrogen) atoms. The van der Waals surface area contributed by atoms with Gasteiger partial charge in [-0.2, -0.15) is 0 Å². The molecule has 0 aliphatic rings. The Balaban J connectivity index is 4.03. The molecule has 0 aromatic heterocycles. The second kappa shape index (κ2) is 46.1. The average molecular weight is 793 g/mol. The molecule has 0 amide bonds. The Kier molecular flexibility index (Phi) is 44.8. The molecule has 6 nitrogen and oxygen atoms in total. The standard InChI is InChI=1S/C50H96O6/c1-4-7-10-13-16-18-20-21-22-23-24-25-26-27-28-29-30-31-33-34-37-40-43-49(52)55-46-47(45-54-48(51)42-39-36-15-12-9-6-3)56-50(53)44-41-38-35-32-19-17-14-11-8-5-2/h47H,4-46H2,1-3H3. The lowest BCUT2D eigenvalue weighted by atomic mass is 10.0. The zero-order valence-corrected chi connectivity index (χ0v) is 37.9. The first-order chi connectivity index (χ1) is 27.5. The molecule has 0 aromatic rings. The highest BCUT2D eigenvalue weighted by molar-refractivity contribution is 5.71. The topological polar surface area (TPSA) is 78.9 Å². The van der Waals surface area contributed by atoms with E-state index in [0.29, 0.717) is 19.3 Å². The van der Waals surface area contributed by atoms with Crippen molar-refractivity contribution in [1.29, 1.82) is 0 Å². The second-order valence-electron chi connectivity index (χ2n) is 17.1. The molecular formula is C50H96O6. The summed E-state index contributed by atoms with van der Waals surface area (Å²) in [6.07, 6.45) is 48.4. The predicted molar refractivity (Wildman–Crippen MR) is 238 cm³/mol. The van der Waals surface area contributed by atoms with Crippen molar-refractivity contribution < 1.29 is 28.6 Å². The van der Waals surface area contributed by atoms with Gasteiger partial charge >= 0.3 is 17.9 Å². The van der Waals surface area contributed by atoms with Gasteiger partial charge in [0.1, 0.15) is 13.2 Å². The molecule has 1 unspecified atom stereocenters. The quantitative estimate of drug-likeness (QED) is 0.0347. The molecule has 0 heterocycles. The van der Waals surface area contributed by atoms with Gasteiger partial charge in [-0.25, -0.2) is 0 Å². The highest BCUT2D eigenvalue weighted by Gasteiger charge is 2.19. The smallest absolute Gasteiger partial charge is 0.306 e. The van der Waals surface area contributed by atoms with Crippen molar-refractivity contribution >= 4 is 17.9 Å². The van der Waals surface area contributed by atoms with Crippen LogP contribution >= 0.6 is 0 Å². The number of ether oxygens (including phenoxy) is 3. The van der Waals surface area contributed by atoms with Crippen LogP contribution in [0.4, 0.5) is 0 Å². The first kappa shape index (κ1) is 54.4. The Morgan fingerprint density at radius 1 is 0.286 bits per heavy atom. The van der Waals surface area contributed by atoms with Crippen molar-refractivity contribution in [2.24, 2.45) is 0 Å². The van der Waals surface area contributed by atoms with E-state index >= 15 is 0 Å². The highest BCUT2D eigenvalue weighted by atomic mass is 16.6. The van der Waals surface area contributed by atoms with E-state index in [9.17, 15) is 14.4 Å². The number of unbranched alkanes of at least 4 members (excludes halogenated alkanes) is 35. The third-order valence-corrected chi connectivity index (χ3v) is 11.4. The molecule has 0 saturated carbocycles. The van der Waals surface area contributed by atoms with Crippen molar-refractivity contribution in [2.75, 3.05) is 13.2 Å². The fraction of sp³-hybridized carbons (Fsp3) is 0.940. The van der Waals surface area contributed by atoms with E-state index in [2.05, 4.69) is 20.8 Å². The van der Waals surface area contributed by atoms with Gasteiger partial charge in [0.15, 0.2) is 6.10 Å². The van der Waals surface area contributed by atoms with Gasteiger partial charge in [0.05, 0.1) is 0 Å². The molecule has 1 atom stereocenters. The lowest BCUT2D eigenvalue weighted by Gasteiger charge is -2.18. The highest BCUT2D eigenvalue weighted by Crippen LogP contribution is 2.17. The first-order valence-electron chi connectivity index (χ1n) is 25.0. The summed E-state index contributed by atoms with van der Waals surface area (Å²) in [4.78, 5) is 37.6. The lowest BCUT2D eigenvalue weighted by molar-refractivity contribution is -0.167. The van der Waals surface area contributed by atoms with Crippen LogP contribution in [-0.2, 0) is 28.6 Å². The van der Waals surface area contributed by atoms with Crippen LogP contribution in [0.3, 0.4) is 0 Å². The zero-order chi connectivity index (χ0) is 40.8. The maximum atomic E-state index is 12.7. The van der Waals surface area contributed by atoms with E-state index in [4.69, 9.17) is 14.2 Å². The van der Waals surface area contributed by atoms with Gasteiger partial charge < -0.3 is 14.2 Å². The van der Waals surface area contributed by atoms with Crippen molar-refractivity contribution in [3.8, 4) is 0 Å². The van der Waals surface area contributed by atoms with Gasteiger partial charge in [-0.15, -0.1) is 0 Å². The Labute approximate surface area is 348 Å². The summed E-state index contributed by atoms with van der Waals surface area (Å²) < 4.78 is 16.7. The lowest BCUT2D eigenvalue weighted by Crippen LogP contribution is -2.30. The molecule has 0 N–H and O–H groups in total. The number of hydrogen-bond acceptors (Lipinski definition) is 6. The first-order valence-corrected chi connectivity index (χ1v) is 25.0. The van der Waals surface area contributed by atoms with E-state index in [1.165, 1.54) is 186 Å². The van der Waals surface area contributed by atoms with Crippen LogP contribution in [0.1, 0.15) is 284 Å². The molecule has 0 saturated heterocycles. The molecule has 0 rings (SSSR count). The summed E-state index contributed by atoms with van der Waals surface area (Å²) in [5.74, 6) is -0.859. The Hall–Kier alpha value is -1.59. The molecule has 0 radical (unpaired) electrons. The number of hydrogen-bond donors (Lipinski definition) is 0. The van der Waals surface area contributed by atoms with Crippen molar-refractivity contribution in [2.45, 2.75) is 290 Å². The number of carbonyl (C=O) groups excluding carboxylic acids is 3. The van der Waals surface area contributed by atoms with Crippen LogP contribution in [0.2, 0.25) is 0 Å². The Morgan fingerprint density at radius 3 is 0.714 bits per heavy atom. The molecule has 6 heteroatoms. The van der Waals surface area contributed by atoms with Crippen LogP contribution in [0.5, 0.6) is 0 Å². The van der Waals surface area contributed by atoms with Crippen LogP contribution < -0.4 is 0 Å². The number of carbonyl (C=O) groups is 3. The van der Waals surface area contributed by atoms with Gasteiger partial charge in [0.2, 0.25) is 0 Å². The Bertz CT molecular complexity index is 828. The third-order valence-electron chi connectivity index (χ3n) is 11.4. The van der Waals surface area contributed by atoms with E-state index in [1.54, 1.807) is 0 Å². The van der Waals surface area contributed by atoms with Gasteiger partial charge in [-0.3, -0.25) is 14.4 Å². The van der Waals surface area contributed by atoms with E-state index in [1.807, 2.05) is 0 Å². The number of rotatable bonds is 46. The molecule has 0 fully saturated rings. The fourth-order valence-electron chi connectivity index (χ4n) is 7.56. The third kappa shape index (κ3) is 43.5. The minimum absolute atomic E-state index is 0.0633. The van der Waals surface area contributed by atoms with Crippen molar-refractivity contribution in [3.05, 3.63) is 0 Å². The van der Waals surface area contributed by atoms with Gasteiger partial charge in [0, 0.05) is 19.3 Å². The van der Waals surface area contributed by atoms with Crippen molar-refractivity contribution in [1.82, 2.24) is 0 Å². The van der Waals surface area contributed by atoms with E-state index < -0.39 is 6.10 Å². The molecule has 0 bridgehead atoms. The Morgan fingerprint density at radius 2 is 0.482 bits per heavy atom. The van der Waals surface area contributed by atoms with Gasteiger partial charge in [-0.05, 0) is 19.3 Å². The normalized spacial score (nSPS) is 11.8. The predicted octanol–water partition coefficient (Wildman–Crippen LogP) is 16.0. The van der Waals surface area contributed by atoms with Crippen LogP contribution in [0, 0.1) is 0 Å².